The highest BCUT2D eigenvalue weighted by atomic mass is 19.1. The number of nitriles is 1. The van der Waals surface area contributed by atoms with E-state index in [-0.39, 0.29) is 11.7 Å². The van der Waals surface area contributed by atoms with E-state index in [1.165, 1.54) is 12.1 Å². The summed E-state index contributed by atoms with van der Waals surface area (Å²) >= 11 is 0. The van der Waals surface area contributed by atoms with Crippen LogP contribution in [0.1, 0.15) is 33.0 Å². The summed E-state index contributed by atoms with van der Waals surface area (Å²) in [7, 11) is 0. The van der Waals surface area contributed by atoms with Gasteiger partial charge in [0.15, 0.2) is 0 Å². The molecule has 1 amide bonds. The standard InChI is InChI=1S/C19H20FN3O2/c1-13-9-17(14(2)25-13)19(24)23-7-5-22(6-8-23)12-16-10-15(11-21)3-4-18(16)20/h3-4,9-10H,5-8,12H2,1-2H3. The minimum atomic E-state index is -0.304. The van der Waals surface area contributed by atoms with Crippen LogP contribution in [0.25, 0.3) is 0 Å². The third-order valence-corrected chi connectivity index (χ3v) is 4.50. The Balaban J connectivity index is 1.62. The Morgan fingerprint density at radius 2 is 1.96 bits per heavy atom. The van der Waals surface area contributed by atoms with E-state index in [2.05, 4.69) is 4.90 Å². The maximum Gasteiger partial charge on any atom is 0.257 e. The minimum Gasteiger partial charge on any atom is -0.466 e. The van der Waals surface area contributed by atoms with E-state index >= 15 is 0 Å². The zero-order valence-electron chi connectivity index (χ0n) is 14.4. The van der Waals surface area contributed by atoms with Gasteiger partial charge in [-0.3, -0.25) is 9.69 Å². The molecule has 25 heavy (non-hydrogen) atoms. The third kappa shape index (κ3) is 3.72. The van der Waals surface area contributed by atoms with Crippen LogP contribution in [-0.2, 0) is 6.54 Å². The minimum absolute atomic E-state index is 0.0216. The molecular weight excluding hydrogens is 321 g/mol. The van der Waals surface area contributed by atoms with E-state index in [0.29, 0.717) is 55.2 Å². The molecule has 6 heteroatoms. The maximum absolute atomic E-state index is 13.9. The first-order valence-electron chi connectivity index (χ1n) is 8.25. The SMILES string of the molecule is Cc1cc(C(=O)N2CCN(Cc3cc(C#N)ccc3F)CC2)c(C)o1. The fourth-order valence-electron chi connectivity index (χ4n) is 3.13. The van der Waals surface area contributed by atoms with Gasteiger partial charge in [-0.1, -0.05) is 0 Å². The van der Waals surface area contributed by atoms with Gasteiger partial charge >= 0.3 is 0 Å². The van der Waals surface area contributed by atoms with Gasteiger partial charge in [0.25, 0.3) is 5.91 Å². The molecule has 2 heterocycles. The molecule has 5 nitrogen and oxygen atoms in total. The Morgan fingerprint density at radius 1 is 1.24 bits per heavy atom. The van der Waals surface area contributed by atoms with Gasteiger partial charge < -0.3 is 9.32 Å². The van der Waals surface area contributed by atoms with Gasteiger partial charge in [0.05, 0.1) is 17.2 Å². The van der Waals surface area contributed by atoms with Crippen molar-refractivity contribution in [2.24, 2.45) is 0 Å². The Bertz CT molecular complexity index is 830. The average Bonchev–Trinajstić information content (AvgIpc) is 2.95. The van der Waals surface area contributed by atoms with Gasteiger partial charge in [-0.05, 0) is 38.1 Å². The molecule has 0 saturated carbocycles. The second-order valence-electron chi connectivity index (χ2n) is 6.31. The molecule has 2 aromatic rings. The molecule has 0 unspecified atom stereocenters. The van der Waals surface area contributed by atoms with Crippen LogP contribution in [0.5, 0.6) is 0 Å². The number of furan rings is 1. The van der Waals surface area contributed by atoms with E-state index in [0.717, 1.165) is 5.76 Å². The summed E-state index contributed by atoms with van der Waals surface area (Å²) in [5.74, 6) is 1.04. The highest BCUT2D eigenvalue weighted by Gasteiger charge is 2.25. The zero-order chi connectivity index (χ0) is 18.0. The van der Waals surface area contributed by atoms with Gasteiger partial charge in [-0.15, -0.1) is 0 Å². The Morgan fingerprint density at radius 3 is 2.56 bits per heavy atom. The number of hydrogen-bond acceptors (Lipinski definition) is 4. The molecule has 1 aromatic carbocycles. The fourth-order valence-corrected chi connectivity index (χ4v) is 3.13. The number of carbonyl (C=O) groups is 1. The molecule has 1 saturated heterocycles. The van der Waals surface area contributed by atoms with E-state index in [1.54, 1.807) is 24.0 Å². The van der Waals surface area contributed by atoms with E-state index < -0.39 is 0 Å². The number of amides is 1. The highest BCUT2D eigenvalue weighted by Crippen LogP contribution is 2.18. The molecule has 0 atom stereocenters. The molecule has 0 radical (unpaired) electrons. The second-order valence-corrected chi connectivity index (χ2v) is 6.31. The van der Waals surface area contributed by atoms with Gasteiger partial charge in [0, 0.05) is 38.3 Å². The van der Waals surface area contributed by atoms with Crippen molar-refractivity contribution in [2.45, 2.75) is 20.4 Å². The Labute approximate surface area is 146 Å². The molecule has 1 aliphatic rings. The largest absolute Gasteiger partial charge is 0.466 e. The fraction of sp³-hybridized carbons (Fsp3) is 0.368. The van der Waals surface area contributed by atoms with Gasteiger partial charge in [0.2, 0.25) is 0 Å². The summed E-state index contributed by atoms with van der Waals surface area (Å²) in [4.78, 5) is 16.5. The number of hydrogen-bond donors (Lipinski definition) is 0. The lowest BCUT2D eigenvalue weighted by Gasteiger charge is -2.34. The zero-order valence-corrected chi connectivity index (χ0v) is 14.4. The lowest BCUT2D eigenvalue weighted by molar-refractivity contribution is 0.0625. The van der Waals surface area contributed by atoms with Gasteiger partial charge in [-0.25, -0.2) is 4.39 Å². The first-order valence-corrected chi connectivity index (χ1v) is 8.25. The molecule has 0 N–H and O–H groups in total. The van der Waals surface area contributed by atoms with Crippen molar-refractivity contribution >= 4 is 5.91 Å². The predicted molar refractivity (Wildman–Crippen MR) is 90.5 cm³/mol. The second kappa shape index (κ2) is 7.08. The third-order valence-electron chi connectivity index (χ3n) is 4.50. The van der Waals surface area contributed by atoms with Gasteiger partial charge in [-0.2, -0.15) is 5.26 Å². The Hall–Kier alpha value is -2.65. The lowest BCUT2D eigenvalue weighted by Crippen LogP contribution is -2.48. The predicted octanol–water partition coefficient (Wildman–Crippen LogP) is 2.87. The molecule has 1 aromatic heterocycles. The van der Waals surface area contributed by atoms with Crippen LogP contribution in [0.15, 0.2) is 28.7 Å². The summed E-state index contributed by atoms with van der Waals surface area (Å²) < 4.78 is 19.4. The molecule has 0 bridgehead atoms. The van der Waals surface area contributed by atoms with E-state index in [4.69, 9.17) is 9.68 Å². The van der Waals surface area contributed by atoms with Crippen LogP contribution in [-0.4, -0.2) is 41.9 Å². The molecule has 130 valence electrons. The van der Waals surface area contributed by atoms with Crippen molar-refractivity contribution in [3.05, 3.63) is 58.3 Å². The summed E-state index contributed by atoms with van der Waals surface area (Å²) in [6.45, 7) is 6.56. The van der Waals surface area contributed by atoms with Crippen molar-refractivity contribution in [3.63, 3.8) is 0 Å². The molecule has 3 rings (SSSR count). The summed E-state index contributed by atoms with van der Waals surface area (Å²) in [5.41, 5.74) is 1.58. The smallest absolute Gasteiger partial charge is 0.257 e. The van der Waals surface area contributed by atoms with Crippen molar-refractivity contribution in [1.29, 1.82) is 5.26 Å². The van der Waals surface area contributed by atoms with Crippen LogP contribution in [0, 0.1) is 31.0 Å². The summed E-state index contributed by atoms with van der Waals surface area (Å²) in [5, 5.41) is 8.95. The average molecular weight is 341 g/mol. The molecule has 0 aliphatic carbocycles. The van der Waals surface area contributed by atoms with Gasteiger partial charge in [0.1, 0.15) is 17.3 Å². The normalized spacial score (nSPS) is 15.2. The van der Waals surface area contributed by atoms with Crippen LogP contribution in [0.2, 0.25) is 0 Å². The number of carbonyl (C=O) groups excluding carboxylic acids is 1. The number of piperazine rings is 1. The number of benzene rings is 1. The molecule has 1 fully saturated rings. The molecule has 0 spiro atoms. The van der Waals surface area contributed by atoms with Crippen molar-refractivity contribution in [1.82, 2.24) is 9.80 Å². The van der Waals surface area contributed by atoms with Crippen molar-refractivity contribution < 1.29 is 13.6 Å². The van der Waals surface area contributed by atoms with Crippen LogP contribution in [0.3, 0.4) is 0 Å². The van der Waals surface area contributed by atoms with Crippen LogP contribution >= 0.6 is 0 Å². The first-order chi connectivity index (χ1) is 12.0. The number of aryl methyl sites for hydroxylation is 2. The first kappa shape index (κ1) is 17.2. The number of nitrogens with zero attached hydrogens (tertiary/aromatic N) is 3. The highest BCUT2D eigenvalue weighted by molar-refractivity contribution is 5.95. The number of rotatable bonds is 3. The van der Waals surface area contributed by atoms with E-state index in [9.17, 15) is 9.18 Å². The van der Waals surface area contributed by atoms with E-state index in [1.807, 2.05) is 13.0 Å². The lowest BCUT2D eigenvalue weighted by atomic mass is 10.1. The van der Waals surface area contributed by atoms with Crippen molar-refractivity contribution in [2.75, 3.05) is 26.2 Å². The number of halogens is 1. The molecule has 1 aliphatic heterocycles. The summed E-state index contributed by atoms with van der Waals surface area (Å²) in [6, 6.07) is 8.20. The quantitative estimate of drug-likeness (QED) is 0.861. The van der Waals surface area contributed by atoms with Crippen LogP contribution in [0.4, 0.5) is 4.39 Å². The molecular formula is C19H20FN3O2. The maximum atomic E-state index is 13.9. The Kier molecular flexibility index (Phi) is 4.86. The monoisotopic (exact) mass is 341 g/mol. The van der Waals surface area contributed by atoms with Crippen LogP contribution < -0.4 is 0 Å². The topological polar surface area (TPSA) is 60.5 Å². The van der Waals surface area contributed by atoms with Crippen molar-refractivity contribution in [3.8, 4) is 6.07 Å². The summed E-state index contributed by atoms with van der Waals surface area (Å²) in [6.07, 6.45) is 0.